The normalized spacial score (nSPS) is 19.1. The van der Waals surface area contributed by atoms with Crippen molar-refractivity contribution < 1.29 is 5.11 Å². The SMILES string of the molecule is CC(O)C1CCN(c2cccc(NN)n2)CC1. The van der Waals surface area contributed by atoms with Crippen LogP contribution in [-0.2, 0) is 0 Å². The Morgan fingerprint density at radius 1 is 1.47 bits per heavy atom. The number of nitrogens with two attached hydrogens (primary N) is 1. The van der Waals surface area contributed by atoms with Crippen LogP contribution in [0.3, 0.4) is 0 Å². The van der Waals surface area contributed by atoms with Crippen molar-refractivity contribution in [2.45, 2.75) is 25.9 Å². The van der Waals surface area contributed by atoms with Gasteiger partial charge in [-0.2, -0.15) is 0 Å². The first-order chi connectivity index (χ1) is 8.20. The van der Waals surface area contributed by atoms with Crippen molar-refractivity contribution in [3.8, 4) is 0 Å². The second kappa shape index (κ2) is 5.33. The van der Waals surface area contributed by atoms with Crippen LogP contribution in [0.25, 0.3) is 0 Å². The fraction of sp³-hybridized carbons (Fsp3) is 0.583. The highest BCUT2D eigenvalue weighted by Crippen LogP contribution is 2.24. The minimum atomic E-state index is -0.206. The molecule has 94 valence electrons. The van der Waals surface area contributed by atoms with E-state index in [1.165, 1.54) is 0 Å². The Labute approximate surface area is 102 Å². The molecule has 17 heavy (non-hydrogen) atoms. The van der Waals surface area contributed by atoms with E-state index in [0.717, 1.165) is 31.7 Å². The maximum Gasteiger partial charge on any atom is 0.142 e. The van der Waals surface area contributed by atoms with Crippen LogP contribution in [0.2, 0.25) is 0 Å². The summed E-state index contributed by atoms with van der Waals surface area (Å²) in [6, 6.07) is 5.77. The third-order valence-corrected chi connectivity index (χ3v) is 3.43. The van der Waals surface area contributed by atoms with Crippen LogP contribution in [-0.4, -0.2) is 29.3 Å². The summed E-state index contributed by atoms with van der Waals surface area (Å²) in [4.78, 5) is 6.65. The number of rotatable bonds is 3. The van der Waals surface area contributed by atoms with E-state index >= 15 is 0 Å². The molecular formula is C12H20N4O. The lowest BCUT2D eigenvalue weighted by Gasteiger charge is -2.34. The highest BCUT2D eigenvalue weighted by Gasteiger charge is 2.23. The van der Waals surface area contributed by atoms with E-state index in [2.05, 4.69) is 15.3 Å². The predicted molar refractivity (Wildman–Crippen MR) is 68.7 cm³/mol. The average molecular weight is 236 g/mol. The molecule has 0 aliphatic carbocycles. The molecule has 0 bridgehead atoms. The zero-order valence-corrected chi connectivity index (χ0v) is 10.1. The van der Waals surface area contributed by atoms with Gasteiger partial charge in [-0.3, -0.25) is 0 Å². The summed E-state index contributed by atoms with van der Waals surface area (Å²) in [5.74, 6) is 7.39. The number of nitrogens with one attached hydrogen (secondary N) is 1. The summed E-state index contributed by atoms with van der Waals surface area (Å²) in [5, 5.41) is 9.56. The van der Waals surface area contributed by atoms with E-state index in [0.29, 0.717) is 11.7 Å². The number of piperidine rings is 1. The van der Waals surface area contributed by atoms with Gasteiger partial charge in [0.2, 0.25) is 0 Å². The Balaban J connectivity index is 2.00. The number of aliphatic hydroxyl groups is 1. The molecule has 1 unspecified atom stereocenters. The zero-order valence-electron chi connectivity index (χ0n) is 10.1. The summed E-state index contributed by atoms with van der Waals surface area (Å²) < 4.78 is 0. The molecule has 1 aliphatic heterocycles. The lowest BCUT2D eigenvalue weighted by molar-refractivity contribution is 0.110. The van der Waals surface area contributed by atoms with E-state index in [9.17, 15) is 5.11 Å². The Hall–Kier alpha value is -1.33. The summed E-state index contributed by atoms with van der Waals surface area (Å²) in [7, 11) is 0. The minimum absolute atomic E-state index is 0.206. The van der Waals surface area contributed by atoms with Crippen molar-refractivity contribution >= 4 is 11.6 Å². The predicted octanol–water partition coefficient (Wildman–Crippen LogP) is 0.964. The molecule has 1 aromatic heterocycles. The minimum Gasteiger partial charge on any atom is -0.393 e. The van der Waals surface area contributed by atoms with Crippen LogP contribution in [0, 0.1) is 5.92 Å². The van der Waals surface area contributed by atoms with Crippen molar-refractivity contribution in [3.63, 3.8) is 0 Å². The summed E-state index contributed by atoms with van der Waals surface area (Å²) >= 11 is 0. The van der Waals surface area contributed by atoms with Crippen LogP contribution in [0.1, 0.15) is 19.8 Å². The van der Waals surface area contributed by atoms with E-state index in [4.69, 9.17) is 5.84 Å². The number of nitrogens with zero attached hydrogens (tertiary/aromatic N) is 2. The van der Waals surface area contributed by atoms with E-state index in [1.54, 1.807) is 0 Å². The highest BCUT2D eigenvalue weighted by atomic mass is 16.3. The fourth-order valence-electron chi connectivity index (χ4n) is 2.29. The molecule has 1 fully saturated rings. The van der Waals surface area contributed by atoms with Crippen LogP contribution >= 0.6 is 0 Å². The molecule has 5 heteroatoms. The summed E-state index contributed by atoms with van der Waals surface area (Å²) in [5.41, 5.74) is 2.56. The molecule has 0 saturated carbocycles. The fourth-order valence-corrected chi connectivity index (χ4v) is 2.29. The van der Waals surface area contributed by atoms with Crippen molar-refractivity contribution in [1.29, 1.82) is 0 Å². The zero-order chi connectivity index (χ0) is 12.3. The Bertz CT molecular complexity index is 361. The molecule has 1 saturated heterocycles. The first-order valence-electron chi connectivity index (χ1n) is 6.07. The Morgan fingerprint density at radius 3 is 2.76 bits per heavy atom. The number of anilines is 2. The van der Waals surface area contributed by atoms with Crippen molar-refractivity contribution in [2.24, 2.45) is 11.8 Å². The second-order valence-corrected chi connectivity index (χ2v) is 4.59. The van der Waals surface area contributed by atoms with E-state index in [-0.39, 0.29) is 6.10 Å². The quantitative estimate of drug-likeness (QED) is 0.538. The van der Waals surface area contributed by atoms with Crippen LogP contribution < -0.4 is 16.2 Å². The van der Waals surface area contributed by atoms with Gasteiger partial charge in [0, 0.05) is 13.1 Å². The molecule has 5 nitrogen and oxygen atoms in total. The molecule has 0 amide bonds. The average Bonchev–Trinajstić information content (AvgIpc) is 2.39. The lowest BCUT2D eigenvalue weighted by atomic mass is 9.92. The smallest absolute Gasteiger partial charge is 0.142 e. The van der Waals surface area contributed by atoms with Gasteiger partial charge in [-0.25, -0.2) is 10.8 Å². The van der Waals surface area contributed by atoms with Gasteiger partial charge in [0.25, 0.3) is 0 Å². The molecule has 1 aliphatic rings. The van der Waals surface area contributed by atoms with E-state index < -0.39 is 0 Å². The molecule has 0 radical (unpaired) electrons. The number of hydrogen-bond donors (Lipinski definition) is 3. The van der Waals surface area contributed by atoms with Gasteiger partial charge in [0.15, 0.2) is 0 Å². The van der Waals surface area contributed by atoms with Gasteiger partial charge in [-0.05, 0) is 37.8 Å². The van der Waals surface area contributed by atoms with Crippen LogP contribution in [0.5, 0.6) is 0 Å². The molecule has 1 atom stereocenters. The third kappa shape index (κ3) is 2.87. The first kappa shape index (κ1) is 12.1. The monoisotopic (exact) mass is 236 g/mol. The number of aromatic nitrogens is 1. The van der Waals surface area contributed by atoms with Gasteiger partial charge in [0.1, 0.15) is 11.6 Å². The maximum absolute atomic E-state index is 9.56. The Kier molecular flexibility index (Phi) is 3.81. The first-order valence-corrected chi connectivity index (χ1v) is 6.07. The molecular weight excluding hydrogens is 216 g/mol. The van der Waals surface area contributed by atoms with Crippen molar-refractivity contribution in [2.75, 3.05) is 23.4 Å². The van der Waals surface area contributed by atoms with Crippen molar-refractivity contribution in [1.82, 2.24) is 4.98 Å². The largest absolute Gasteiger partial charge is 0.393 e. The molecule has 4 N–H and O–H groups in total. The molecule has 2 heterocycles. The van der Waals surface area contributed by atoms with Gasteiger partial charge < -0.3 is 15.4 Å². The molecule has 1 aromatic rings. The third-order valence-electron chi connectivity index (χ3n) is 3.43. The van der Waals surface area contributed by atoms with Gasteiger partial charge in [-0.1, -0.05) is 6.07 Å². The van der Waals surface area contributed by atoms with Gasteiger partial charge in [-0.15, -0.1) is 0 Å². The lowest BCUT2D eigenvalue weighted by Crippen LogP contribution is -2.37. The van der Waals surface area contributed by atoms with Gasteiger partial charge >= 0.3 is 0 Å². The summed E-state index contributed by atoms with van der Waals surface area (Å²) in [6.07, 6.45) is 1.82. The van der Waals surface area contributed by atoms with Crippen molar-refractivity contribution in [3.05, 3.63) is 18.2 Å². The van der Waals surface area contributed by atoms with Crippen LogP contribution in [0.4, 0.5) is 11.6 Å². The van der Waals surface area contributed by atoms with E-state index in [1.807, 2.05) is 25.1 Å². The van der Waals surface area contributed by atoms with Crippen LogP contribution in [0.15, 0.2) is 18.2 Å². The molecule has 0 aromatic carbocycles. The number of aliphatic hydroxyl groups excluding tert-OH is 1. The highest BCUT2D eigenvalue weighted by molar-refractivity contribution is 5.46. The second-order valence-electron chi connectivity index (χ2n) is 4.59. The molecule has 0 spiro atoms. The number of hydrazine groups is 1. The maximum atomic E-state index is 9.56. The van der Waals surface area contributed by atoms with Gasteiger partial charge in [0.05, 0.1) is 6.10 Å². The number of nitrogen functional groups attached to an aromatic ring is 1. The Morgan fingerprint density at radius 2 is 2.18 bits per heavy atom. The standard InChI is InChI=1S/C12H20N4O/c1-9(17)10-5-7-16(8-6-10)12-4-2-3-11(14-12)15-13/h2-4,9-10,17H,5-8,13H2,1H3,(H,14,15). The number of hydrogen-bond acceptors (Lipinski definition) is 5. The molecule has 2 rings (SSSR count). The number of pyridine rings is 1. The topological polar surface area (TPSA) is 74.4 Å². The summed E-state index contributed by atoms with van der Waals surface area (Å²) in [6.45, 7) is 3.75.